The second-order valence-electron chi connectivity index (χ2n) is 6.87. The molecule has 158 valence electrons. The summed E-state index contributed by atoms with van der Waals surface area (Å²) in [5.74, 6) is -0.361. The fourth-order valence-electron chi connectivity index (χ4n) is 3.55. The van der Waals surface area contributed by atoms with Crippen LogP contribution in [0.3, 0.4) is 0 Å². The van der Waals surface area contributed by atoms with Gasteiger partial charge in [0.2, 0.25) is 5.91 Å². The van der Waals surface area contributed by atoms with E-state index in [0.717, 1.165) is 0 Å². The zero-order chi connectivity index (χ0) is 20.3. The van der Waals surface area contributed by atoms with Crippen molar-refractivity contribution in [2.24, 2.45) is 5.73 Å². The number of aliphatic hydroxyl groups excluding tert-OH is 4. The summed E-state index contributed by atoms with van der Waals surface area (Å²) < 4.78 is 22.1. The summed E-state index contributed by atoms with van der Waals surface area (Å²) >= 11 is 0. The van der Waals surface area contributed by atoms with Crippen molar-refractivity contribution < 1.29 is 44.2 Å². The molecule has 7 N–H and O–H groups in total. The van der Waals surface area contributed by atoms with E-state index >= 15 is 0 Å². The average molecular weight is 394 g/mol. The molecule has 2 fully saturated rings. The molecule has 0 aromatic rings. The first-order valence-corrected chi connectivity index (χ1v) is 8.84. The molecular weight excluding hydrogens is 364 g/mol. The first-order valence-electron chi connectivity index (χ1n) is 8.84. The predicted octanol–water partition coefficient (Wildman–Crippen LogP) is -3.56. The van der Waals surface area contributed by atoms with Crippen LogP contribution in [0.25, 0.3) is 0 Å². The van der Waals surface area contributed by atoms with E-state index in [2.05, 4.69) is 5.32 Å². The largest absolute Gasteiger partial charge is 0.394 e. The van der Waals surface area contributed by atoms with Gasteiger partial charge in [-0.05, 0) is 6.92 Å². The maximum absolute atomic E-state index is 11.4. The van der Waals surface area contributed by atoms with Gasteiger partial charge in [0.1, 0.15) is 36.6 Å². The third kappa shape index (κ3) is 4.75. The van der Waals surface area contributed by atoms with E-state index in [-0.39, 0.29) is 5.91 Å². The first kappa shape index (κ1) is 22.4. The van der Waals surface area contributed by atoms with Crippen molar-refractivity contribution in [2.75, 3.05) is 20.3 Å². The molecule has 11 heteroatoms. The van der Waals surface area contributed by atoms with Gasteiger partial charge in [0.05, 0.1) is 31.4 Å². The van der Waals surface area contributed by atoms with Crippen LogP contribution in [0.4, 0.5) is 0 Å². The highest BCUT2D eigenvalue weighted by atomic mass is 16.7. The molecule has 0 aromatic carbocycles. The minimum Gasteiger partial charge on any atom is -0.394 e. The lowest BCUT2D eigenvalue weighted by Gasteiger charge is -2.47. The fraction of sp³-hybridized carbons (Fsp3) is 0.938. The Hall–Kier alpha value is -0.890. The number of ether oxygens (including phenoxy) is 4. The number of hydrogen-bond donors (Lipinski definition) is 6. The number of aliphatic hydroxyl groups is 4. The van der Waals surface area contributed by atoms with Crippen molar-refractivity contribution in [2.45, 2.75) is 74.9 Å². The minimum atomic E-state index is -1.23. The molecule has 0 spiro atoms. The van der Waals surface area contributed by atoms with Gasteiger partial charge in [0.15, 0.2) is 6.29 Å². The second-order valence-corrected chi connectivity index (χ2v) is 6.87. The van der Waals surface area contributed by atoms with Crippen LogP contribution in [0.15, 0.2) is 0 Å². The molecule has 2 aliphatic rings. The van der Waals surface area contributed by atoms with Crippen LogP contribution in [0.5, 0.6) is 0 Å². The summed E-state index contributed by atoms with van der Waals surface area (Å²) in [6, 6.07) is -1.82. The number of methoxy groups -OCH3 is 1. The van der Waals surface area contributed by atoms with Gasteiger partial charge in [-0.2, -0.15) is 0 Å². The van der Waals surface area contributed by atoms with E-state index in [1.807, 2.05) is 0 Å². The van der Waals surface area contributed by atoms with Gasteiger partial charge in [-0.1, -0.05) is 0 Å². The number of nitrogens with one attached hydrogen (secondary N) is 1. The van der Waals surface area contributed by atoms with Crippen LogP contribution in [0, 0.1) is 0 Å². The van der Waals surface area contributed by atoms with Crippen LogP contribution >= 0.6 is 0 Å². The maximum Gasteiger partial charge on any atom is 0.217 e. The van der Waals surface area contributed by atoms with E-state index in [1.54, 1.807) is 6.92 Å². The lowest BCUT2D eigenvalue weighted by atomic mass is 9.92. The Morgan fingerprint density at radius 2 is 1.70 bits per heavy atom. The van der Waals surface area contributed by atoms with E-state index in [1.165, 1.54) is 14.0 Å². The molecule has 0 bridgehead atoms. The third-order valence-electron chi connectivity index (χ3n) is 4.98. The van der Waals surface area contributed by atoms with E-state index in [9.17, 15) is 25.2 Å². The number of amides is 1. The summed E-state index contributed by atoms with van der Waals surface area (Å²) in [7, 11) is 1.35. The van der Waals surface area contributed by atoms with E-state index in [0.29, 0.717) is 0 Å². The lowest BCUT2D eigenvalue weighted by molar-refractivity contribution is -0.313. The Kier molecular flexibility index (Phi) is 7.92. The second kappa shape index (κ2) is 9.54. The molecule has 2 rings (SSSR count). The Balaban J connectivity index is 2.17. The molecule has 0 aromatic heterocycles. The van der Waals surface area contributed by atoms with Crippen LogP contribution in [-0.2, 0) is 23.7 Å². The number of nitrogens with two attached hydrogens (primary N) is 1. The van der Waals surface area contributed by atoms with Crippen LogP contribution in [0.2, 0.25) is 0 Å². The van der Waals surface area contributed by atoms with E-state index in [4.69, 9.17) is 24.7 Å². The number of carbonyl (C=O) groups is 1. The summed E-state index contributed by atoms with van der Waals surface area (Å²) in [5.41, 5.74) is 5.98. The van der Waals surface area contributed by atoms with Gasteiger partial charge >= 0.3 is 0 Å². The van der Waals surface area contributed by atoms with Crippen LogP contribution in [0.1, 0.15) is 13.8 Å². The highest BCUT2D eigenvalue weighted by Gasteiger charge is 2.49. The molecule has 0 radical (unpaired) electrons. The molecule has 27 heavy (non-hydrogen) atoms. The van der Waals surface area contributed by atoms with Gasteiger partial charge in [-0.25, -0.2) is 0 Å². The Bertz CT molecular complexity index is 495. The minimum absolute atomic E-state index is 0.361. The van der Waals surface area contributed by atoms with Gasteiger partial charge in [-0.15, -0.1) is 0 Å². The lowest BCUT2D eigenvalue weighted by Crippen LogP contribution is -2.68. The average Bonchev–Trinajstić information content (AvgIpc) is 2.63. The summed E-state index contributed by atoms with van der Waals surface area (Å²) in [5, 5.41) is 42.7. The smallest absolute Gasteiger partial charge is 0.217 e. The topological polar surface area (TPSA) is 173 Å². The maximum atomic E-state index is 11.4. The zero-order valence-corrected chi connectivity index (χ0v) is 15.6. The summed E-state index contributed by atoms with van der Waals surface area (Å²) in [6.07, 6.45) is -7.93. The van der Waals surface area contributed by atoms with Crippen molar-refractivity contribution in [3.05, 3.63) is 0 Å². The van der Waals surface area contributed by atoms with Gasteiger partial charge < -0.3 is 50.4 Å². The van der Waals surface area contributed by atoms with Gasteiger partial charge in [-0.3, -0.25) is 4.79 Å². The van der Waals surface area contributed by atoms with E-state index < -0.39 is 74.3 Å². The molecule has 4 unspecified atom stereocenters. The highest BCUT2D eigenvalue weighted by Crippen LogP contribution is 2.29. The fourth-order valence-corrected chi connectivity index (χ4v) is 3.55. The van der Waals surface area contributed by atoms with Crippen LogP contribution < -0.4 is 11.1 Å². The molecule has 2 saturated heterocycles. The number of hydrogen-bond acceptors (Lipinski definition) is 10. The highest BCUT2D eigenvalue weighted by molar-refractivity contribution is 5.73. The first-order chi connectivity index (χ1) is 12.7. The quantitative estimate of drug-likeness (QED) is 0.265. The van der Waals surface area contributed by atoms with Gasteiger partial charge in [0, 0.05) is 14.0 Å². The summed E-state index contributed by atoms with van der Waals surface area (Å²) in [4.78, 5) is 11.4. The van der Waals surface area contributed by atoms with Crippen molar-refractivity contribution in [1.82, 2.24) is 5.32 Å². The van der Waals surface area contributed by atoms with Crippen molar-refractivity contribution in [3.8, 4) is 0 Å². The Labute approximate surface area is 157 Å². The molecule has 10 atom stereocenters. The molecule has 2 aliphatic heterocycles. The zero-order valence-electron chi connectivity index (χ0n) is 15.6. The Morgan fingerprint density at radius 1 is 1.11 bits per heavy atom. The van der Waals surface area contributed by atoms with Crippen molar-refractivity contribution in [1.29, 1.82) is 0 Å². The molecule has 1 amide bonds. The predicted molar refractivity (Wildman–Crippen MR) is 90.4 cm³/mol. The SMILES string of the molecule is CO[C@@H]1C(CO)O[C@@H](O[C@@H]2C(CO)O[C@@H](C)C(NC(C)=O)[C@H]2O)C(N)[C@H]1O. The number of carbonyl (C=O) groups excluding carboxylic acids is 1. The third-order valence-corrected chi connectivity index (χ3v) is 4.98. The molecular formula is C16H30N2O9. The standard InChI is InChI=1S/C16H30N2O9/c1-6-11(18-7(2)21)13(23)15(9(5-20)25-6)27-16-10(17)12(22)14(24-3)8(4-19)26-16/h6,8-16,19-20,22-23H,4-5,17H2,1-3H3,(H,18,21)/t6-,8?,9?,10?,11?,12+,13+,14+,15+,16-/m0/s1. The van der Waals surface area contributed by atoms with Crippen molar-refractivity contribution >= 4 is 5.91 Å². The van der Waals surface area contributed by atoms with Crippen molar-refractivity contribution in [3.63, 3.8) is 0 Å². The molecule has 11 nitrogen and oxygen atoms in total. The molecule has 2 heterocycles. The number of rotatable bonds is 6. The monoisotopic (exact) mass is 394 g/mol. The molecule has 0 aliphatic carbocycles. The summed E-state index contributed by atoms with van der Waals surface area (Å²) in [6.45, 7) is 2.06. The molecule has 0 saturated carbocycles. The normalized spacial score (nSPS) is 45.5. The Morgan fingerprint density at radius 3 is 2.22 bits per heavy atom. The van der Waals surface area contributed by atoms with Crippen LogP contribution in [-0.4, -0.2) is 108 Å². The van der Waals surface area contributed by atoms with Gasteiger partial charge in [0.25, 0.3) is 0 Å².